The molecule has 0 saturated heterocycles. The molecule has 0 amide bonds. The molecule has 1 aliphatic heterocycles. The lowest BCUT2D eigenvalue weighted by Crippen LogP contribution is -2.33. The summed E-state index contributed by atoms with van der Waals surface area (Å²) in [7, 11) is 0. The van der Waals surface area contributed by atoms with Crippen LogP contribution in [0.15, 0.2) is 65.3 Å². The molecular formula is C23H18N2S. The van der Waals surface area contributed by atoms with Crippen LogP contribution in [0.3, 0.4) is 0 Å². The van der Waals surface area contributed by atoms with Gasteiger partial charge in [-0.2, -0.15) is 10.5 Å². The SMILES string of the molecule is CC1=C(C)CC2(SC1)c1ccccc1C(=C(C#N)C#N)c1ccccc12. The third-order valence-electron chi connectivity index (χ3n) is 5.51. The maximum atomic E-state index is 9.57. The Bertz CT molecular complexity index is 995. The highest BCUT2D eigenvalue weighted by atomic mass is 32.2. The van der Waals surface area contributed by atoms with Crippen LogP contribution in [0.2, 0.25) is 0 Å². The normalized spacial score (nSPS) is 20.8. The van der Waals surface area contributed by atoms with Crippen LogP contribution >= 0.6 is 11.8 Å². The highest BCUT2D eigenvalue weighted by molar-refractivity contribution is 8.00. The van der Waals surface area contributed by atoms with Gasteiger partial charge in [-0.3, -0.25) is 0 Å². The van der Waals surface area contributed by atoms with Gasteiger partial charge in [-0.25, -0.2) is 0 Å². The molecule has 0 unspecified atom stereocenters. The van der Waals surface area contributed by atoms with Crippen molar-refractivity contribution in [3.63, 3.8) is 0 Å². The fraction of sp³-hybridized carbons (Fsp3) is 0.217. The van der Waals surface area contributed by atoms with Crippen LogP contribution in [0.1, 0.15) is 42.5 Å². The summed E-state index contributed by atoms with van der Waals surface area (Å²) in [5.41, 5.74) is 8.31. The summed E-state index contributed by atoms with van der Waals surface area (Å²) in [6.07, 6.45) is 0.958. The van der Waals surface area contributed by atoms with E-state index in [1.165, 1.54) is 22.3 Å². The molecule has 0 fully saturated rings. The van der Waals surface area contributed by atoms with Gasteiger partial charge in [0, 0.05) is 11.3 Å². The van der Waals surface area contributed by atoms with E-state index >= 15 is 0 Å². The lowest BCUT2D eigenvalue weighted by molar-refractivity contribution is 0.701. The molecule has 126 valence electrons. The third-order valence-corrected chi connectivity index (χ3v) is 7.17. The predicted molar refractivity (Wildman–Crippen MR) is 106 cm³/mol. The van der Waals surface area contributed by atoms with Crippen molar-refractivity contribution in [2.45, 2.75) is 25.0 Å². The van der Waals surface area contributed by atoms with E-state index in [0.29, 0.717) is 0 Å². The number of hydrogen-bond donors (Lipinski definition) is 0. The Morgan fingerprint density at radius 2 is 1.42 bits per heavy atom. The van der Waals surface area contributed by atoms with Crippen LogP contribution in [0.4, 0.5) is 0 Å². The lowest BCUT2D eigenvalue weighted by Gasteiger charge is -2.44. The zero-order valence-electron chi connectivity index (χ0n) is 14.8. The van der Waals surface area contributed by atoms with Crippen molar-refractivity contribution in [1.29, 1.82) is 10.5 Å². The van der Waals surface area contributed by atoms with Gasteiger partial charge in [-0.1, -0.05) is 59.7 Å². The summed E-state index contributed by atoms with van der Waals surface area (Å²) in [4.78, 5) is 0. The molecule has 2 aromatic rings. The lowest BCUT2D eigenvalue weighted by atomic mass is 9.71. The monoisotopic (exact) mass is 354 g/mol. The first-order valence-electron chi connectivity index (χ1n) is 8.66. The minimum Gasteiger partial charge on any atom is -0.192 e. The molecule has 0 bridgehead atoms. The molecule has 3 heteroatoms. The van der Waals surface area contributed by atoms with Gasteiger partial charge in [0.25, 0.3) is 0 Å². The molecule has 0 radical (unpaired) electrons. The molecule has 2 aliphatic rings. The van der Waals surface area contributed by atoms with Gasteiger partial charge in [0.05, 0.1) is 4.75 Å². The van der Waals surface area contributed by atoms with Gasteiger partial charge in [0.15, 0.2) is 0 Å². The van der Waals surface area contributed by atoms with Crippen LogP contribution in [0, 0.1) is 22.7 Å². The average Bonchev–Trinajstić information content (AvgIpc) is 2.68. The molecule has 0 aromatic heterocycles. The van der Waals surface area contributed by atoms with Crippen molar-refractivity contribution >= 4 is 17.3 Å². The van der Waals surface area contributed by atoms with Gasteiger partial charge in [-0.05, 0) is 42.5 Å². The Morgan fingerprint density at radius 1 is 0.885 bits per heavy atom. The quantitative estimate of drug-likeness (QED) is 0.459. The Balaban J connectivity index is 2.12. The number of benzene rings is 2. The second kappa shape index (κ2) is 6.20. The standard InChI is InChI=1S/C23H18N2S/c1-15-11-23(26-14-16(15)2)20-9-5-3-7-18(20)22(17(12-24)13-25)19-8-4-6-10-21(19)23/h3-10H,11,14H2,1-2H3. The average molecular weight is 354 g/mol. The molecule has 0 N–H and O–H groups in total. The number of nitriles is 2. The van der Waals surface area contributed by atoms with E-state index in [1.807, 2.05) is 23.9 Å². The maximum Gasteiger partial charge on any atom is 0.138 e. The fourth-order valence-corrected chi connectivity index (χ4v) is 5.77. The van der Waals surface area contributed by atoms with Crippen LogP contribution in [0.5, 0.6) is 0 Å². The number of hydrogen-bond acceptors (Lipinski definition) is 3. The molecule has 0 saturated carbocycles. The van der Waals surface area contributed by atoms with Crippen LogP contribution in [-0.4, -0.2) is 5.75 Å². The van der Waals surface area contributed by atoms with Crippen molar-refractivity contribution < 1.29 is 0 Å². The van der Waals surface area contributed by atoms with Crippen molar-refractivity contribution in [2.75, 3.05) is 5.75 Å². The predicted octanol–water partition coefficient (Wildman–Crippen LogP) is 5.57. The van der Waals surface area contributed by atoms with Gasteiger partial charge in [-0.15, -0.1) is 11.8 Å². The summed E-state index contributed by atoms with van der Waals surface area (Å²) in [6, 6.07) is 20.8. The highest BCUT2D eigenvalue weighted by Gasteiger charge is 2.44. The first-order chi connectivity index (χ1) is 12.6. The molecule has 2 aromatic carbocycles. The van der Waals surface area contributed by atoms with Crippen molar-refractivity contribution in [3.8, 4) is 12.1 Å². The zero-order valence-corrected chi connectivity index (χ0v) is 15.7. The largest absolute Gasteiger partial charge is 0.192 e. The van der Waals surface area contributed by atoms with E-state index < -0.39 is 0 Å². The first-order valence-corrected chi connectivity index (χ1v) is 9.64. The van der Waals surface area contributed by atoms with Gasteiger partial charge < -0.3 is 0 Å². The van der Waals surface area contributed by atoms with E-state index in [4.69, 9.17) is 0 Å². The van der Waals surface area contributed by atoms with Crippen LogP contribution < -0.4 is 0 Å². The Labute approximate surface area is 158 Å². The van der Waals surface area contributed by atoms with Gasteiger partial charge in [0.1, 0.15) is 17.7 Å². The highest BCUT2D eigenvalue weighted by Crippen LogP contribution is 2.58. The molecular weight excluding hydrogens is 336 g/mol. The van der Waals surface area contributed by atoms with E-state index in [1.54, 1.807) is 0 Å². The molecule has 2 nitrogen and oxygen atoms in total. The minimum absolute atomic E-state index is 0.156. The number of allylic oxidation sites excluding steroid dienone is 2. The molecule has 26 heavy (non-hydrogen) atoms. The summed E-state index contributed by atoms with van der Waals surface area (Å²) in [6.45, 7) is 4.44. The molecule has 1 aliphatic carbocycles. The Kier molecular flexibility index (Phi) is 3.98. The second-order valence-electron chi connectivity index (χ2n) is 6.92. The maximum absolute atomic E-state index is 9.57. The molecule has 1 spiro atoms. The summed E-state index contributed by atoms with van der Waals surface area (Å²) < 4.78 is -0.156. The van der Waals surface area contributed by atoms with Crippen molar-refractivity contribution in [3.05, 3.63) is 87.5 Å². The van der Waals surface area contributed by atoms with Crippen LogP contribution in [-0.2, 0) is 4.75 Å². The van der Waals surface area contributed by atoms with Crippen molar-refractivity contribution in [2.24, 2.45) is 0 Å². The van der Waals surface area contributed by atoms with E-state index in [9.17, 15) is 10.5 Å². The summed E-state index contributed by atoms with van der Waals surface area (Å²) in [5.74, 6) is 0.997. The molecule has 4 rings (SSSR count). The summed E-state index contributed by atoms with van der Waals surface area (Å²) >= 11 is 1.97. The Morgan fingerprint density at radius 3 is 1.92 bits per heavy atom. The number of fused-ring (bicyclic) bond motifs is 4. The first kappa shape index (κ1) is 16.7. The van der Waals surface area contributed by atoms with Gasteiger partial charge in [0.2, 0.25) is 0 Å². The summed E-state index contributed by atoms with van der Waals surface area (Å²) in [5, 5.41) is 19.1. The van der Waals surface area contributed by atoms with Gasteiger partial charge >= 0.3 is 0 Å². The third kappa shape index (κ3) is 2.25. The minimum atomic E-state index is -0.156. The van der Waals surface area contributed by atoms with E-state index in [-0.39, 0.29) is 10.3 Å². The zero-order chi connectivity index (χ0) is 18.3. The molecule has 0 atom stereocenters. The van der Waals surface area contributed by atoms with E-state index in [2.05, 4.69) is 62.4 Å². The molecule has 1 heterocycles. The Hall–Kier alpha value is -2.75. The van der Waals surface area contributed by atoms with Crippen LogP contribution in [0.25, 0.3) is 5.57 Å². The van der Waals surface area contributed by atoms with Crippen molar-refractivity contribution in [1.82, 2.24) is 0 Å². The second-order valence-corrected chi connectivity index (χ2v) is 8.19. The topological polar surface area (TPSA) is 47.6 Å². The number of nitrogens with zero attached hydrogens (tertiary/aromatic N) is 2. The smallest absolute Gasteiger partial charge is 0.138 e. The number of rotatable bonds is 0. The van der Waals surface area contributed by atoms with E-state index in [0.717, 1.165) is 28.9 Å². The fourth-order valence-electron chi connectivity index (χ4n) is 4.08. The number of thioether (sulfide) groups is 1.